The summed E-state index contributed by atoms with van der Waals surface area (Å²) in [6.07, 6.45) is 3.86. The van der Waals surface area contributed by atoms with Crippen molar-refractivity contribution in [3.05, 3.63) is 27.0 Å². The minimum atomic E-state index is 0.112. The van der Waals surface area contributed by atoms with Gasteiger partial charge in [0.25, 0.3) is 0 Å². The van der Waals surface area contributed by atoms with Crippen molar-refractivity contribution in [2.24, 2.45) is 7.05 Å². The van der Waals surface area contributed by atoms with E-state index in [9.17, 15) is 0 Å². The molecule has 0 aromatic carbocycles. The molecule has 3 heterocycles. The summed E-state index contributed by atoms with van der Waals surface area (Å²) in [6.45, 7) is 4.28. The van der Waals surface area contributed by atoms with E-state index in [1.807, 2.05) is 23.3 Å². The number of fused-ring (bicyclic) bond motifs is 1. The average Bonchev–Trinajstić information content (AvgIpc) is 3.09. The van der Waals surface area contributed by atoms with Crippen LogP contribution < -0.4 is 0 Å². The molecule has 20 heavy (non-hydrogen) atoms. The molecule has 3 aromatic heterocycles. The number of imidazole rings is 1. The molecular formula is C13H17N5S2. The summed E-state index contributed by atoms with van der Waals surface area (Å²) >= 11 is 7.15. The number of rotatable bonds is 4. The largest absolute Gasteiger partial charge is 0.328 e. The average molecular weight is 307 g/mol. The molecule has 7 heteroatoms. The highest BCUT2D eigenvalue weighted by molar-refractivity contribution is 7.71. The van der Waals surface area contributed by atoms with E-state index in [0.29, 0.717) is 0 Å². The van der Waals surface area contributed by atoms with Crippen molar-refractivity contribution in [3.8, 4) is 0 Å². The second-order valence-electron chi connectivity index (χ2n) is 4.87. The topological polar surface area (TPSA) is 51.4 Å². The summed E-state index contributed by atoms with van der Waals surface area (Å²) in [4.78, 5) is 7.72. The van der Waals surface area contributed by atoms with Gasteiger partial charge in [0, 0.05) is 18.6 Å². The fourth-order valence-electron chi connectivity index (χ4n) is 2.56. The zero-order chi connectivity index (χ0) is 14.3. The van der Waals surface area contributed by atoms with Gasteiger partial charge in [-0.25, -0.2) is 4.98 Å². The fourth-order valence-corrected chi connectivity index (χ4v) is 3.59. The molecule has 3 rings (SSSR count). The highest BCUT2D eigenvalue weighted by Gasteiger charge is 2.20. The number of aromatic amines is 1. The van der Waals surface area contributed by atoms with Gasteiger partial charge in [0.05, 0.1) is 11.7 Å². The summed E-state index contributed by atoms with van der Waals surface area (Å²) in [5.41, 5.74) is 3.19. The Hall–Kier alpha value is -1.47. The van der Waals surface area contributed by atoms with Gasteiger partial charge < -0.3 is 4.98 Å². The molecule has 0 saturated carbocycles. The van der Waals surface area contributed by atoms with Crippen molar-refractivity contribution in [3.63, 3.8) is 0 Å². The van der Waals surface area contributed by atoms with Gasteiger partial charge in [0.2, 0.25) is 0 Å². The first-order chi connectivity index (χ1) is 9.63. The lowest BCUT2D eigenvalue weighted by Crippen LogP contribution is -2.09. The molecule has 1 N–H and O–H groups in total. The first-order valence-electron chi connectivity index (χ1n) is 6.69. The molecule has 1 atom stereocenters. The van der Waals surface area contributed by atoms with Gasteiger partial charge in [-0.3, -0.25) is 9.25 Å². The van der Waals surface area contributed by atoms with E-state index in [4.69, 9.17) is 12.2 Å². The normalized spacial score (nSPS) is 13.2. The second kappa shape index (κ2) is 5.14. The Morgan fingerprint density at radius 3 is 2.95 bits per heavy atom. The number of aromatic nitrogens is 5. The Kier molecular flexibility index (Phi) is 3.47. The first-order valence-corrected chi connectivity index (χ1v) is 7.97. The Morgan fingerprint density at radius 2 is 2.30 bits per heavy atom. The molecule has 0 spiro atoms. The van der Waals surface area contributed by atoms with Gasteiger partial charge in [-0.15, -0.1) is 11.3 Å². The van der Waals surface area contributed by atoms with E-state index in [1.54, 1.807) is 11.3 Å². The van der Waals surface area contributed by atoms with Crippen molar-refractivity contribution in [1.29, 1.82) is 0 Å². The van der Waals surface area contributed by atoms with Gasteiger partial charge in [-0.2, -0.15) is 5.10 Å². The van der Waals surface area contributed by atoms with Gasteiger partial charge >= 0.3 is 0 Å². The molecule has 3 aromatic rings. The van der Waals surface area contributed by atoms with Crippen LogP contribution in [0.1, 0.15) is 37.0 Å². The van der Waals surface area contributed by atoms with Crippen LogP contribution in [0, 0.1) is 4.77 Å². The molecule has 0 radical (unpaired) electrons. The number of H-pyrrole nitrogens is 1. The Labute approximate surface area is 126 Å². The molecule has 1 unspecified atom stereocenters. The SMILES string of the molecule is CCCc1nn(C)c2c1[nH]c(=S)n2C(C)c1nccs1. The van der Waals surface area contributed by atoms with Crippen LogP contribution in [-0.2, 0) is 13.5 Å². The molecule has 0 aliphatic heterocycles. The van der Waals surface area contributed by atoms with Gasteiger partial charge in [0.1, 0.15) is 10.5 Å². The highest BCUT2D eigenvalue weighted by atomic mass is 32.1. The Morgan fingerprint density at radius 1 is 1.50 bits per heavy atom. The molecule has 0 bridgehead atoms. The first kappa shape index (κ1) is 13.5. The van der Waals surface area contributed by atoms with E-state index in [0.717, 1.165) is 39.5 Å². The maximum absolute atomic E-state index is 5.50. The summed E-state index contributed by atoms with van der Waals surface area (Å²) in [7, 11) is 1.97. The predicted octanol–water partition coefficient (Wildman–Crippen LogP) is 3.45. The number of hydrogen-bond acceptors (Lipinski definition) is 4. The number of thiazole rings is 1. The second-order valence-corrected chi connectivity index (χ2v) is 6.18. The minimum Gasteiger partial charge on any atom is -0.328 e. The van der Waals surface area contributed by atoms with Gasteiger partial charge in [0.15, 0.2) is 10.4 Å². The lowest BCUT2D eigenvalue weighted by Gasteiger charge is -2.11. The van der Waals surface area contributed by atoms with Crippen molar-refractivity contribution < 1.29 is 0 Å². The van der Waals surface area contributed by atoms with Crippen LogP contribution in [0.25, 0.3) is 11.2 Å². The zero-order valence-electron chi connectivity index (χ0n) is 11.8. The Bertz CT molecular complexity index is 778. The molecule has 0 fully saturated rings. The molecule has 0 aliphatic carbocycles. The van der Waals surface area contributed by atoms with Crippen LogP contribution in [0.2, 0.25) is 0 Å². The minimum absolute atomic E-state index is 0.112. The van der Waals surface area contributed by atoms with E-state index < -0.39 is 0 Å². The summed E-state index contributed by atoms with van der Waals surface area (Å²) in [6, 6.07) is 0.112. The van der Waals surface area contributed by atoms with Crippen molar-refractivity contribution in [2.45, 2.75) is 32.7 Å². The van der Waals surface area contributed by atoms with Crippen LogP contribution in [0.15, 0.2) is 11.6 Å². The van der Waals surface area contributed by atoms with Gasteiger partial charge in [-0.1, -0.05) is 13.3 Å². The van der Waals surface area contributed by atoms with E-state index in [2.05, 4.69) is 33.5 Å². The lowest BCUT2D eigenvalue weighted by atomic mass is 10.2. The monoisotopic (exact) mass is 307 g/mol. The number of nitrogens with one attached hydrogen (secondary N) is 1. The van der Waals surface area contributed by atoms with Gasteiger partial charge in [-0.05, 0) is 25.6 Å². The summed E-state index contributed by atoms with van der Waals surface area (Å²) in [5, 5.41) is 7.65. The van der Waals surface area contributed by atoms with Crippen molar-refractivity contribution in [2.75, 3.05) is 0 Å². The predicted molar refractivity (Wildman–Crippen MR) is 83.8 cm³/mol. The number of hydrogen-bond donors (Lipinski definition) is 1. The van der Waals surface area contributed by atoms with Crippen molar-refractivity contribution >= 4 is 34.7 Å². The zero-order valence-corrected chi connectivity index (χ0v) is 13.4. The summed E-state index contributed by atoms with van der Waals surface area (Å²) in [5.74, 6) is 0. The molecule has 0 amide bonds. The highest BCUT2D eigenvalue weighted by Crippen LogP contribution is 2.27. The van der Waals surface area contributed by atoms with Crippen LogP contribution in [0.3, 0.4) is 0 Å². The smallest absolute Gasteiger partial charge is 0.179 e. The third kappa shape index (κ3) is 2.01. The maximum Gasteiger partial charge on any atom is 0.179 e. The van der Waals surface area contributed by atoms with Crippen LogP contribution in [0.4, 0.5) is 0 Å². The maximum atomic E-state index is 5.50. The van der Waals surface area contributed by atoms with Crippen molar-refractivity contribution in [1.82, 2.24) is 24.3 Å². The third-order valence-electron chi connectivity index (χ3n) is 3.45. The summed E-state index contributed by atoms with van der Waals surface area (Å²) < 4.78 is 4.75. The van der Waals surface area contributed by atoms with E-state index in [-0.39, 0.29) is 6.04 Å². The number of nitrogens with zero attached hydrogens (tertiary/aromatic N) is 4. The van der Waals surface area contributed by atoms with Crippen LogP contribution in [0.5, 0.6) is 0 Å². The standard InChI is InChI=1S/C13H17N5S2/c1-4-5-9-10-12(17(3)16-9)18(13(19)15-10)8(2)11-14-6-7-20-11/h6-8H,4-5H2,1-3H3,(H,15,19). The van der Waals surface area contributed by atoms with E-state index >= 15 is 0 Å². The number of aryl methyl sites for hydroxylation is 2. The molecule has 0 saturated heterocycles. The lowest BCUT2D eigenvalue weighted by molar-refractivity contribution is 0.615. The molecule has 0 aliphatic rings. The Balaban J connectivity index is 2.21. The van der Waals surface area contributed by atoms with Crippen LogP contribution in [-0.4, -0.2) is 24.3 Å². The molecular weight excluding hydrogens is 290 g/mol. The third-order valence-corrected chi connectivity index (χ3v) is 4.70. The van der Waals surface area contributed by atoms with E-state index in [1.165, 1.54) is 0 Å². The molecule has 106 valence electrons. The quantitative estimate of drug-likeness (QED) is 0.751. The fraction of sp³-hybridized carbons (Fsp3) is 0.462. The van der Waals surface area contributed by atoms with Crippen LogP contribution >= 0.6 is 23.6 Å². The molecule has 5 nitrogen and oxygen atoms in total.